The van der Waals surface area contributed by atoms with Gasteiger partial charge in [-0.05, 0) is 30.4 Å². The maximum Gasteiger partial charge on any atom is 0.0284 e. The highest BCUT2D eigenvalue weighted by molar-refractivity contribution is 5.82. The standard InChI is InChI=1S/C15H23N/c1-5-6-7-13(3)15-9-8-12(2)10-14(15)11-16-4/h8-11,13H,5-7H2,1-4H3/b16-11-. The first-order chi connectivity index (χ1) is 7.69. The summed E-state index contributed by atoms with van der Waals surface area (Å²) >= 11 is 0. The third kappa shape index (κ3) is 3.48. The van der Waals surface area contributed by atoms with Crippen molar-refractivity contribution in [3.05, 3.63) is 34.9 Å². The Morgan fingerprint density at radius 1 is 1.38 bits per heavy atom. The molecule has 0 saturated carbocycles. The summed E-state index contributed by atoms with van der Waals surface area (Å²) in [5, 5.41) is 0. The predicted molar refractivity (Wildman–Crippen MR) is 72.6 cm³/mol. The first kappa shape index (κ1) is 13.0. The minimum atomic E-state index is 0.633. The van der Waals surface area contributed by atoms with Crippen LogP contribution in [0.3, 0.4) is 0 Å². The molecule has 0 spiro atoms. The van der Waals surface area contributed by atoms with Gasteiger partial charge < -0.3 is 0 Å². The van der Waals surface area contributed by atoms with E-state index in [1.165, 1.54) is 36.0 Å². The Balaban J connectivity index is 2.93. The summed E-state index contributed by atoms with van der Waals surface area (Å²) in [6, 6.07) is 6.68. The molecule has 1 heteroatoms. The van der Waals surface area contributed by atoms with Gasteiger partial charge in [0, 0.05) is 13.3 Å². The number of aryl methyl sites for hydroxylation is 1. The average molecular weight is 217 g/mol. The van der Waals surface area contributed by atoms with Crippen molar-refractivity contribution in [3.63, 3.8) is 0 Å². The van der Waals surface area contributed by atoms with E-state index in [-0.39, 0.29) is 0 Å². The third-order valence-corrected chi connectivity index (χ3v) is 3.03. The first-order valence-electron chi connectivity index (χ1n) is 6.21. The molecule has 1 aromatic rings. The second kappa shape index (κ2) is 6.47. The fourth-order valence-corrected chi connectivity index (χ4v) is 2.06. The van der Waals surface area contributed by atoms with Crippen LogP contribution in [0.5, 0.6) is 0 Å². The number of hydrogen-bond donors (Lipinski definition) is 0. The van der Waals surface area contributed by atoms with E-state index in [0.29, 0.717) is 5.92 Å². The molecule has 1 unspecified atom stereocenters. The van der Waals surface area contributed by atoms with Crippen molar-refractivity contribution in [2.45, 2.75) is 46.0 Å². The van der Waals surface area contributed by atoms with E-state index in [1.54, 1.807) is 0 Å². The van der Waals surface area contributed by atoms with Crippen LogP contribution in [-0.2, 0) is 0 Å². The molecule has 0 amide bonds. The van der Waals surface area contributed by atoms with E-state index >= 15 is 0 Å². The molecule has 1 nitrogen and oxygen atoms in total. The number of rotatable bonds is 5. The van der Waals surface area contributed by atoms with Gasteiger partial charge in [0.1, 0.15) is 0 Å². The summed E-state index contributed by atoms with van der Waals surface area (Å²) in [4.78, 5) is 4.15. The highest BCUT2D eigenvalue weighted by Gasteiger charge is 2.09. The van der Waals surface area contributed by atoms with Crippen molar-refractivity contribution in [1.82, 2.24) is 0 Å². The van der Waals surface area contributed by atoms with Crippen molar-refractivity contribution in [3.8, 4) is 0 Å². The fourth-order valence-electron chi connectivity index (χ4n) is 2.06. The van der Waals surface area contributed by atoms with E-state index in [0.717, 1.165) is 0 Å². The molecular formula is C15H23N. The summed E-state index contributed by atoms with van der Waals surface area (Å²) < 4.78 is 0. The molecule has 1 rings (SSSR count). The maximum absolute atomic E-state index is 4.15. The zero-order chi connectivity index (χ0) is 12.0. The van der Waals surface area contributed by atoms with Gasteiger partial charge in [0.15, 0.2) is 0 Å². The highest BCUT2D eigenvalue weighted by atomic mass is 14.6. The van der Waals surface area contributed by atoms with Gasteiger partial charge in [-0.1, -0.05) is 50.5 Å². The topological polar surface area (TPSA) is 12.4 Å². The lowest BCUT2D eigenvalue weighted by atomic mass is 9.91. The Morgan fingerprint density at radius 3 is 2.75 bits per heavy atom. The molecule has 0 saturated heterocycles. The summed E-state index contributed by atoms with van der Waals surface area (Å²) in [5.41, 5.74) is 4.03. The Hall–Kier alpha value is -1.11. The Labute approximate surface area is 99.6 Å². The number of aliphatic imine (C=N–C) groups is 1. The van der Waals surface area contributed by atoms with Gasteiger partial charge in [-0.25, -0.2) is 0 Å². The second-order valence-electron chi connectivity index (χ2n) is 4.56. The van der Waals surface area contributed by atoms with Crippen molar-refractivity contribution >= 4 is 6.21 Å². The fraction of sp³-hybridized carbons (Fsp3) is 0.533. The molecule has 0 bridgehead atoms. The van der Waals surface area contributed by atoms with Crippen LogP contribution in [0, 0.1) is 6.92 Å². The molecule has 88 valence electrons. The number of benzene rings is 1. The van der Waals surface area contributed by atoms with Crippen LogP contribution in [0.4, 0.5) is 0 Å². The predicted octanol–water partition coefficient (Wildman–Crippen LogP) is 4.34. The summed E-state index contributed by atoms with van der Waals surface area (Å²) in [5.74, 6) is 0.633. The normalized spacial score (nSPS) is 13.2. The van der Waals surface area contributed by atoms with Crippen LogP contribution < -0.4 is 0 Å². The maximum atomic E-state index is 4.15. The number of unbranched alkanes of at least 4 members (excludes halogenated alkanes) is 1. The number of hydrogen-bond acceptors (Lipinski definition) is 1. The lowest BCUT2D eigenvalue weighted by Crippen LogP contribution is -1.99. The lowest BCUT2D eigenvalue weighted by molar-refractivity contribution is 0.624. The SMILES string of the molecule is CCCCC(C)c1ccc(C)cc1/C=N\C. The van der Waals surface area contributed by atoms with Gasteiger partial charge in [0.05, 0.1) is 0 Å². The van der Waals surface area contributed by atoms with E-state index < -0.39 is 0 Å². The van der Waals surface area contributed by atoms with Crippen LogP contribution in [0.15, 0.2) is 23.2 Å². The highest BCUT2D eigenvalue weighted by Crippen LogP contribution is 2.24. The van der Waals surface area contributed by atoms with Gasteiger partial charge in [-0.15, -0.1) is 0 Å². The summed E-state index contributed by atoms with van der Waals surface area (Å²) in [6.07, 6.45) is 5.82. The van der Waals surface area contributed by atoms with Gasteiger partial charge in [-0.3, -0.25) is 4.99 Å². The quantitative estimate of drug-likeness (QED) is 0.651. The van der Waals surface area contributed by atoms with E-state index in [9.17, 15) is 0 Å². The largest absolute Gasteiger partial charge is 0.296 e. The summed E-state index contributed by atoms with van der Waals surface area (Å²) in [6.45, 7) is 6.69. The van der Waals surface area contributed by atoms with E-state index in [2.05, 4.69) is 44.0 Å². The molecule has 0 aliphatic carbocycles. The monoisotopic (exact) mass is 217 g/mol. The van der Waals surface area contributed by atoms with Crippen LogP contribution in [-0.4, -0.2) is 13.3 Å². The molecule has 1 aromatic carbocycles. The van der Waals surface area contributed by atoms with Gasteiger partial charge in [0.2, 0.25) is 0 Å². The minimum absolute atomic E-state index is 0.633. The molecule has 0 N–H and O–H groups in total. The minimum Gasteiger partial charge on any atom is -0.296 e. The van der Waals surface area contributed by atoms with Crippen LogP contribution >= 0.6 is 0 Å². The van der Waals surface area contributed by atoms with Crippen molar-refractivity contribution < 1.29 is 0 Å². The molecule has 0 aliphatic rings. The molecule has 0 aromatic heterocycles. The zero-order valence-corrected chi connectivity index (χ0v) is 11.0. The Kier molecular flexibility index (Phi) is 5.24. The summed E-state index contributed by atoms with van der Waals surface area (Å²) in [7, 11) is 1.84. The molecule has 0 radical (unpaired) electrons. The Bertz CT molecular complexity index is 352. The first-order valence-corrected chi connectivity index (χ1v) is 6.21. The van der Waals surface area contributed by atoms with Crippen LogP contribution in [0.2, 0.25) is 0 Å². The van der Waals surface area contributed by atoms with Crippen molar-refractivity contribution in [1.29, 1.82) is 0 Å². The van der Waals surface area contributed by atoms with Crippen LogP contribution in [0.1, 0.15) is 55.7 Å². The van der Waals surface area contributed by atoms with E-state index in [1.807, 2.05) is 13.3 Å². The Morgan fingerprint density at radius 2 is 2.12 bits per heavy atom. The van der Waals surface area contributed by atoms with Gasteiger partial charge in [-0.2, -0.15) is 0 Å². The molecular weight excluding hydrogens is 194 g/mol. The van der Waals surface area contributed by atoms with Crippen molar-refractivity contribution in [2.75, 3.05) is 7.05 Å². The molecule has 16 heavy (non-hydrogen) atoms. The molecule has 1 atom stereocenters. The third-order valence-electron chi connectivity index (χ3n) is 3.03. The van der Waals surface area contributed by atoms with E-state index in [4.69, 9.17) is 0 Å². The molecule has 0 fully saturated rings. The molecule has 0 heterocycles. The average Bonchev–Trinajstić information content (AvgIpc) is 2.26. The lowest BCUT2D eigenvalue weighted by Gasteiger charge is -2.14. The zero-order valence-electron chi connectivity index (χ0n) is 11.0. The van der Waals surface area contributed by atoms with Crippen molar-refractivity contribution in [2.24, 2.45) is 4.99 Å². The van der Waals surface area contributed by atoms with Crippen LogP contribution in [0.25, 0.3) is 0 Å². The second-order valence-corrected chi connectivity index (χ2v) is 4.56. The van der Waals surface area contributed by atoms with Gasteiger partial charge >= 0.3 is 0 Å². The van der Waals surface area contributed by atoms with Gasteiger partial charge in [0.25, 0.3) is 0 Å². The molecule has 0 aliphatic heterocycles. The smallest absolute Gasteiger partial charge is 0.0284 e. The number of nitrogens with zero attached hydrogens (tertiary/aromatic N) is 1.